The van der Waals surface area contributed by atoms with Gasteiger partial charge in [-0.1, -0.05) is 12.1 Å². The number of benzene rings is 2. The molecule has 0 saturated heterocycles. The first-order valence-corrected chi connectivity index (χ1v) is 6.28. The topological polar surface area (TPSA) is 70.6 Å². The first-order chi connectivity index (χ1) is 9.69. The zero-order chi connectivity index (χ0) is 14.4. The van der Waals surface area contributed by atoms with E-state index in [1.165, 1.54) is 6.07 Å². The van der Waals surface area contributed by atoms with E-state index in [0.717, 1.165) is 5.75 Å². The van der Waals surface area contributed by atoms with Gasteiger partial charge in [-0.15, -0.1) is 0 Å². The van der Waals surface area contributed by atoms with Crippen LogP contribution in [0.1, 0.15) is 6.92 Å². The Kier molecular flexibility index (Phi) is 4.44. The summed E-state index contributed by atoms with van der Waals surface area (Å²) in [5.41, 5.74) is 0.998. The van der Waals surface area contributed by atoms with Crippen molar-refractivity contribution in [3.8, 4) is 11.5 Å². The maximum atomic E-state index is 11.8. The van der Waals surface area contributed by atoms with Gasteiger partial charge in [-0.2, -0.15) is 0 Å². The summed E-state index contributed by atoms with van der Waals surface area (Å²) < 4.78 is 5.32. The summed E-state index contributed by atoms with van der Waals surface area (Å²) in [6, 6.07) is 13.2. The summed E-state index contributed by atoms with van der Waals surface area (Å²) >= 11 is 0. The number of nitrogens with one attached hydrogen (secondary N) is 2. The SMILES string of the molecule is CCOc1ccc(NC(=O)Nc2ccccc2O)cc1. The summed E-state index contributed by atoms with van der Waals surface area (Å²) in [5, 5.41) is 14.8. The number of phenolic OH excluding ortho intramolecular Hbond substituents is 1. The third-order valence-corrected chi connectivity index (χ3v) is 2.58. The standard InChI is InChI=1S/C15H16N2O3/c1-2-20-12-9-7-11(8-10-12)16-15(19)17-13-5-3-4-6-14(13)18/h3-10,18H,2H2,1H3,(H2,16,17,19). The lowest BCUT2D eigenvalue weighted by molar-refractivity contribution is 0.262. The summed E-state index contributed by atoms with van der Waals surface area (Å²) in [6.07, 6.45) is 0. The van der Waals surface area contributed by atoms with Crippen LogP contribution in [-0.2, 0) is 0 Å². The number of phenols is 1. The predicted molar refractivity (Wildman–Crippen MR) is 78.4 cm³/mol. The van der Waals surface area contributed by atoms with E-state index in [4.69, 9.17) is 4.74 Å². The fourth-order valence-corrected chi connectivity index (χ4v) is 1.67. The molecule has 0 aliphatic carbocycles. The molecule has 0 atom stereocenters. The van der Waals surface area contributed by atoms with Gasteiger partial charge >= 0.3 is 6.03 Å². The van der Waals surface area contributed by atoms with Gasteiger partial charge in [0.25, 0.3) is 0 Å². The minimum atomic E-state index is -0.421. The molecule has 0 heterocycles. The molecule has 20 heavy (non-hydrogen) atoms. The number of anilines is 2. The number of ether oxygens (including phenoxy) is 1. The number of para-hydroxylation sites is 2. The van der Waals surface area contributed by atoms with Gasteiger partial charge in [-0.05, 0) is 43.3 Å². The molecule has 3 N–H and O–H groups in total. The third-order valence-electron chi connectivity index (χ3n) is 2.58. The molecule has 0 saturated carbocycles. The minimum absolute atomic E-state index is 0.0225. The van der Waals surface area contributed by atoms with Crippen molar-refractivity contribution in [3.05, 3.63) is 48.5 Å². The highest BCUT2D eigenvalue weighted by molar-refractivity contribution is 6.00. The summed E-state index contributed by atoms with van der Waals surface area (Å²) in [5.74, 6) is 0.772. The molecule has 5 heteroatoms. The molecule has 2 aromatic carbocycles. The molecule has 5 nitrogen and oxygen atoms in total. The Morgan fingerprint density at radius 3 is 2.45 bits per heavy atom. The largest absolute Gasteiger partial charge is 0.506 e. The van der Waals surface area contributed by atoms with Crippen LogP contribution in [0, 0.1) is 0 Å². The molecule has 0 unspecified atom stereocenters. The van der Waals surface area contributed by atoms with Gasteiger partial charge in [0.1, 0.15) is 11.5 Å². The first kappa shape index (κ1) is 13.7. The van der Waals surface area contributed by atoms with Crippen LogP contribution in [0.25, 0.3) is 0 Å². The van der Waals surface area contributed by atoms with Gasteiger partial charge in [0.2, 0.25) is 0 Å². The maximum Gasteiger partial charge on any atom is 0.323 e. The maximum absolute atomic E-state index is 11.8. The van der Waals surface area contributed by atoms with E-state index in [1.54, 1.807) is 42.5 Å². The van der Waals surface area contributed by atoms with E-state index in [1.807, 2.05) is 6.92 Å². The van der Waals surface area contributed by atoms with Crippen molar-refractivity contribution in [2.24, 2.45) is 0 Å². The lowest BCUT2D eigenvalue weighted by Crippen LogP contribution is -2.19. The second-order valence-electron chi connectivity index (χ2n) is 4.05. The molecule has 2 rings (SSSR count). The Morgan fingerprint density at radius 1 is 1.10 bits per heavy atom. The zero-order valence-electron chi connectivity index (χ0n) is 11.1. The molecule has 104 valence electrons. The van der Waals surface area contributed by atoms with E-state index < -0.39 is 6.03 Å². The van der Waals surface area contributed by atoms with Gasteiger partial charge in [-0.3, -0.25) is 0 Å². The van der Waals surface area contributed by atoms with Crippen molar-refractivity contribution in [3.63, 3.8) is 0 Å². The molecule has 0 radical (unpaired) electrons. The van der Waals surface area contributed by atoms with Gasteiger partial charge in [-0.25, -0.2) is 4.79 Å². The van der Waals surface area contributed by atoms with Crippen LogP contribution >= 0.6 is 0 Å². The Hall–Kier alpha value is -2.69. The summed E-state index contributed by atoms with van der Waals surface area (Å²) in [4.78, 5) is 11.8. The number of urea groups is 1. The van der Waals surface area contributed by atoms with Crippen LogP contribution in [0.4, 0.5) is 16.2 Å². The lowest BCUT2D eigenvalue weighted by Gasteiger charge is -2.09. The van der Waals surface area contributed by atoms with Crippen molar-refractivity contribution < 1.29 is 14.6 Å². The molecule has 2 amide bonds. The minimum Gasteiger partial charge on any atom is -0.506 e. The summed E-state index contributed by atoms with van der Waals surface area (Å²) in [6.45, 7) is 2.51. The quantitative estimate of drug-likeness (QED) is 0.747. The van der Waals surface area contributed by atoms with E-state index in [9.17, 15) is 9.90 Å². The fourth-order valence-electron chi connectivity index (χ4n) is 1.67. The fraction of sp³-hybridized carbons (Fsp3) is 0.133. The van der Waals surface area contributed by atoms with E-state index in [0.29, 0.717) is 18.0 Å². The number of carbonyl (C=O) groups is 1. The Balaban J connectivity index is 1.96. The molecule has 0 aliphatic rings. The average Bonchev–Trinajstić information content (AvgIpc) is 2.44. The predicted octanol–water partition coefficient (Wildman–Crippen LogP) is 3.43. The molecule has 0 bridgehead atoms. The van der Waals surface area contributed by atoms with Gasteiger partial charge < -0.3 is 20.5 Å². The normalized spacial score (nSPS) is 9.85. The highest BCUT2D eigenvalue weighted by Crippen LogP contribution is 2.22. The number of aromatic hydroxyl groups is 1. The second kappa shape index (κ2) is 6.47. The second-order valence-corrected chi connectivity index (χ2v) is 4.05. The van der Waals surface area contributed by atoms with E-state index in [-0.39, 0.29) is 5.75 Å². The van der Waals surface area contributed by atoms with Gasteiger partial charge in [0.05, 0.1) is 12.3 Å². The lowest BCUT2D eigenvalue weighted by atomic mass is 10.3. The van der Waals surface area contributed by atoms with Crippen molar-refractivity contribution in [2.75, 3.05) is 17.2 Å². The number of hydrogen-bond donors (Lipinski definition) is 3. The number of hydrogen-bond acceptors (Lipinski definition) is 3. The highest BCUT2D eigenvalue weighted by atomic mass is 16.5. The third kappa shape index (κ3) is 3.65. The van der Waals surface area contributed by atoms with Crippen molar-refractivity contribution in [1.82, 2.24) is 0 Å². The van der Waals surface area contributed by atoms with Gasteiger partial charge in [0, 0.05) is 5.69 Å². The Bertz CT molecular complexity index is 582. The zero-order valence-corrected chi connectivity index (χ0v) is 11.1. The number of carbonyl (C=O) groups excluding carboxylic acids is 1. The molecular formula is C15H16N2O3. The van der Waals surface area contributed by atoms with Gasteiger partial charge in [0.15, 0.2) is 0 Å². The van der Waals surface area contributed by atoms with Crippen LogP contribution in [-0.4, -0.2) is 17.7 Å². The molecule has 0 aliphatic heterocycles. The molecule has 2 aromatic rings. The molecule has 0 spiro atoms. The smallest absolute Gasteiger partial charge is 0.323 e. The summed E-state index contributed by atoms with van der Waals surface area (Å²) in [7, 11) is 0. The number of amides is 2. The van der Waals surface area contributed by atoms with Crippen molar-refractivity contribution in [2.45, 2.75) is 6.92 Å². The van der Waals surface area contributed by atoms with Crippen LogP contribution in [0.3, 0.4) is 0 Å². The molecule has 0 aromatic heterocycles. The Labute approximate surface area is 117 Å². The Morgan fingerprint density at radius 2 is 1.80 bits per heavy atom. The van der Waals surface area contributed by atoms with E-state index >= 15 is 0 Å². The van der Waals surface area contributed by atoms with Crippen molar-refractivity contribution >= 4 is 17.4 Å². The first-order valence-electron chi connectivity index (χ1n) is 6.28. The van der Waals surface area contributed by atoms with Crippen LogP contribution < -0.4 is 15.4 Å². The van der Waals surface area contributed by atoms with Crippen molar-refractivity contribution in [1.29, 1.82) is 0 Å². The highest BCUT2D eigenvalue weighted by Gasteiger charge is 2.05. The monoisotopic (exact) mass is 272 g/mol. The van der Waals surface area contributed by atoms with Crippen LogP contribution in [0.15, 0.2) is 48.5 Å². The van der Waals surface area contributed by atoms with Crippen LogP contribution in [0.5, 0.6) is 11.5 Å². The van der Waals surface area contributed by atoms with E-state index in [2.05, 4.69) is 10.6 Å². The van der Waals surface area contributed by atoms with Crippen LogP contribution in [0.2, 0.25) is 0 Å². The molecule has 0 fully saturated rings. The molecular weight excluding hydrogens is 256 g/mol. The average molecular weight is 272 g/mol. The number of rotatable bonds is 4.